The maximum atomic E-state index is 13.3. The summed E-state index contributed by atoms with van der Waals surface area (Å²) >= 11 is 0. The second-order valence-corrected chi connectivity index (χ2v) is 10.8. The lowest BCUT2D eigenvalue weighted by atomic mass is 9.89. The Morgan fingerprint density at radius 1 is 1.08 bits per heavy atom. The highest BCUT2D eigenvalue weighted by atomic mass is 16.6. The second-order valence-electron chi connectivity index (χ2n) is 10.8. The van der Waals surface area contributed by atoms with Crippen LogP contribution in [0.4, 0.5) is 16.3 Å². The van der Waals surface area contributed by atoms with Gasteiger partial charge in [0.05, 0.1) is 17.9 Å². The number of aromatic nitrogens is 2. The molecule has 0 radical (unpaired) electrons. The van der Waals surface area contributed by atoms with E-state index in [1.54, 1.807) is 44.7 Å². The van der Waals surface area contributed by atoms with Crippen molar-refractivity contribution in [1.29, 1.82) is 0 Å². The van der Waals surface area contributed by atoms with Gasteiger partial charge in [-0.25, -0.2) is 9.78 Å². The van der Waals surface area contributed by atoms with Gasteiger partial charge in [-0.2, -0.15) is 0 Å². The van der Waals surface area contributed by atoms with E-state index in [1.807, 2.05) is 18.2 Å². The second kappa shape index (κ2) is 10.6. The van der Waals surface area contributed by atoms with Crippen molar-refractivity contribution in [3.63, 3.8) is 0 Å². The number of anilines is 2. The number of pyridine rings is 2. The summed E-state index contributed by atoms with van der Waals surface area (Å²) in [6.45, 7) is 9.53. The Morgan fingerprint density at radius 2 is 1.84 bits per heavy atom. The van der Waals surface area contributed by atoms with Gasteiger partial charge in [0, 0.05) is 18.1 Å². The Balaban J connectivity index is 1.49. The van der Waals surface area contributed by atoms with E-state index >= 15 is 0 Å². The average Bonchev–Trinajstić information content (AvgIpc) is 2.83. The fourth-order valence-electron chi connectivity index (χ4n) is 4.59. The van der Waals surface area contributed by atoms with Crippen LogP contribution >= 0.6 is 0 Å². The number of aromatic amines is 1. The molecule has 3 aromatic rings. The zero-order valence-electron chi connectivity index (χ0n) is 22.3. The van der Waals surface area contributed by atoms with E-state index in [0.29, 0.717) is 29.1 Å². The standard InChI is InChI=1S/C28H33N5O5/c1-16-6-10-22(19-7-9-21-18(13-19)8-11-23(34)31-21)33(15-16)26(36)25(35)30-20-12-17(2)24(29-14-20)32-27(37)38-28(3,4)5/h7-9,11-14,16,22H,6,10,15H2,1-5H3,(H,30,35)(H,31,34)(H,29,32,37). The molecule has 2 atom stereocenters. The van der Waals surface area contributed by atoms with Crippen molar-refractivity contribution >= 4 is 40.3 Å². The molecule has 1 aliphatic rings. The van der Waals surface area contributed by atoms with Crippen molar-refractivity contribution in [3.8, 4) is 0 Å². The first-order valence-corrected chi connectivity index (χ1v) is 12.6. The molecular weight excluding hydrogens is 486 g/mol. The predicted molar refractivity (Wildman–Crippen MR) is 145 cm³/mol. The van der Waals surface area contributed by atoms with Gasteiger partial charge in [0.25, 0.3) is 0 Å². The van der Waals surface area contributed by atoms with Crippen molar-refractivity contribution in [2.45, 2.75) is 59.1 Å². The van der Waals surface area contributed by atoms with E-state index in [4.69, 9.17) is 4.74 Å². The van der Waals surface area contributed by atoms with Crippen LogP contribution < -0.4 is 16.2 Å². The van der Waals surface area contributed by atoms with Crippen LogP contribution in [-0.2, 0) is 14.3 Å². The molecule has 0 aliphatic carbocycles. The fraction of sp³-hybridized carbons (Fsp3) is 0.393. The fourth-order valence-corrected chi connectivity index (χ4v) is 4.59. The summed E-state index contributed by atoms with van der Waals surface area (Å²) in [6.07, 6.45) is 2.39. The van der Waals surface area contributed by atoms with Crippen molar-refractivity contribution in [3.05, 3.63) is 64.1 Å². The van der Waals surface area contributed by atoms with Crippen LogP contribution in [-0.4, -0.2) is 44.9 Å². The van der Waals surface area contributed by atoms with Gasteiger partial charge in [-0.15, -0.1) is 0 Å². The first-order valence-electron chi connectivity index (χ1n) is 12.6. The summed E-state index contributed by atoms with van der Waals surface area (Å²) < 4.78 is 5.25. The minimum Gasteiger partial charge on any atom is -0.444 e. The molecule has 10 heteroatoms. The molecule has 1 aromatic carbocycles. The van der Waals surface area contributed by atoms with Crippen LogP contribution in [0.2, 0.25) is 0 Å². The van der Waals surface area contributed by atoms with Crippen LogP contribution in [0.25, 0.3) is 10.9 Å². The van der Waals surface area contributed by atoms with Gasteiger partial charge in [0.1, 0.15) is 11.4 Å². The molecule has 0 saturated carbocycles. The molecule has 10 nitrogen and oxygen atoms in total. The van der Waals surface area contributed by atoms with Crippen molar-refractivity contribution in [1.82, 2.24) is 14.9 Å². The molecule has 1 aliphatic heterocycles. The number of hydrogen-bond donors (Lipinski definition) is 3. The quantitative estimate of drug-likeness (QED) is 0.436. The normalized spacial score (nSPS) is 17.7. The van der Waals surface area contributed by atoms with Crippen LogP contribution in [0.1, 0.15) is 57.7 Å². The van der Waals surface area contributed by atoms with Gasteiger partial charge < -0.3 is 19.9 Å². The number of aryl methyl sites for hydroxylation is 1. The Morgan fingerprint density at radius 3 is 2.55 bits per heavy atom. The average molecular weight is 520 g/mol. The number of nitrogens with one attached hydrogen (secondary N) is 3. The lowest BCUT2D eigenvalue weighted by Crippen LogP contribution is -2.46. The van der Waals surface area contributed by atoms with E-state index in [-0.39, 0.29) is 17.5 Å². The molecule has 2 aromatic heterocycles. The number of benzene rings is 1. The summed E-state index contributed by atoms with van der Waals surface area (Å²) in [5, 5.41) is 6.09. The molecule has 0 spiro atoms. The molecule has 1 saturated heterocycles. The predicted octanol–water partition coefficient (Wildman–Crippen LogP) is 4.52. The Kier molecular flexibility index (Phi) is 7.52. The topological polar surface area (TPSA) is 133 Å². The lowest BCUT2D eigenvalue weighted by Gasteiger charge is -2.38. The zero-order valence-corrected chi connectivity index (χ0v) is 22.3. The van der Waals surface area contributed by atoms with Crippen LogP contribution in [0, 0.1) is 12.8 Å². The smallest absolute Gasteiger partial charge is 0.413 e. The van der Waals surface area contributed by atoms with E-state index in [9.17, 15) is 19.2 Å². The number of carbonyl (C=O) groups is 3. The number of piperidine rings is 1. The number of nitrogens with zero attached hydrogens (tertiary/aromatic N) is 2. The first-order chi connectivity index (χ1) is 17.9. The Hall–Kier alpha value is -4.21. The van der Waals surface area contributed by atoms with E-state index in [1.165, 1.54) is 12.3 Å². The lowest BCUT2D eigenvalue weighted by molar-refractivity contribution is -0.146. The molecule has 2 unspecified atom stereocenters. The molecular formula is C28H33N5O5. The van der Waals surface area contributed by atoms with E-state index in [0.717, 1.165) is 23.8 Å². The third-order valence-corrected chi connectivity index (χ3v) is 6.36. The van der Waals surface area contributed by atoms with Gasteiger partial charge in [-0.1, -0.05) is 13.0 Å². The van der Waals surface area contributed by atoms with Crippen LogP contribution in [0.5, 0.6) is 0 Å². The van der Waals surface area contributed by atoms with Gasteiger partial charge in [0.2, 0.25) is 5.56 Å². The Bertz CT molecular complexity index is 1440. The summed E-state index contributed by atoms with van der Waals surface area (Å²) in [5.41, 5.74) is 1.73. The number of likely N-dealkylation sites (tertiary alicyclic amines) is 1. The molecule has 3 heterocycles. The van der Waals surface area contributed by atoms with E-state index < -0.39 is 23.5 Å². The summed E-state index contributed by atoms with van der Waals surface area (Å²) in [5.74, 6) is -0.840. The number of hydrogen-bond acceptors (Lipinski definition) is 6. The molecule has 200 valence electrons. The van der Waals surface area contributed by atoms with E-state index in [2.05, 4.69) is 27.5 Å². The molecule has 3 amide bonds. The molecule has 38 heavy (non-hydrogen) atoms. The van der Waals surface area contributed by atoms with Gasteiger partial charge in [-0.05, 0) is 87.2 Å². The molecule has 1 fully saturated rings. The minimum atomic E-state index is -0.761. The molecule has 4 rings (SSSR count). The first kappa shape index (κ1) is 26.8. The largest absolute Gasteiger partial charge is 0.444 e. The number of rotatable bonds is 3. The number of carbonyl (C=O) groups excluding carboxylic acids is 3. The maximum absolute atomic E-state index is 13.3. The van der Waals surface area contributed by atoms with Crippen molar-refractivity contribution in [2.24, 2.45) is 5.92 Å². The van der Waals surface area contributed by atoms with Crippen molar-refractivity contribution < 1.29 is 19.1 Å². The van der Waals surface area contributed by atoms with Crippen LogP contribution in [0.15, 0.2) is 47.4 Å². The SMILES string of the molecule is Cc1cc(NC(=O)C(=O)N2CC(C)CCC2c2ccc3[nH]c(=O)ccc3c2)cnc1NC(=O)OC(C)(C)C. The number of ether oxygens (including phenoxy) is 1. The highest BCUT2D eigenvalue weighted by molar-refractivity contribution is 6.39. The minimum absolute atomic E-state index is 0.177. The van der Waals surface area contributed by atoms with Crippen LogP contribution in [0.3, 0.4) is 0 Å². The number of H-pyrrole nitrogens is 1. The highest BCUT2D eigenvalue weighted by Crippen LogP contribution is 2.34. The Labute approximate surface area is 220 Å². The third-order valence-electron chi connectivity index (χ3n) is 6.36. The van der Waals surface area contributed by atoms with Gasteiger partial charge >= 0.3 is 17.9 Å². The molecule has 3 N–H and O–H groups in total. The summed E-state index contributed by atoms with van der Waals surface area (Å²) in [7, 11) is 0. The third kappa shape index (κ3) is 6.37. The number of amides is 3. The highest BCUT2D eigenvalue weighted by Gasteiger charge is 2.34. The summed E-state index contributed by atoms with van der Waals surface area (Å²) in [4.78, 5) is 58.7. The molecule has 0 bridgehead atoms. The maximum Gasteiger partial charge on any atom is 0.413 e. The van der Waals surface area contributed by atoms with Gasteiger partial charge in [0.15, 0.2) is 0 Å². The van der Waals surface area contributed by atoms with Crippen molar-refractivity contribution in [2.75, 3.05) is 17.2 Å². The number of fused-ring (bicyclic) bond motifs is 1. The summed E-state index contributed by atoms with van der Waals surface area (Å²) in [6, 6.07) is 10.3. The zero-order chi connectivity index (χ0) is 27.6. The van der Waals surface area contributed by atoms with Gasteiger partial charge in [-0.3, -0.25) is 19.7 Å². The monoisotopic (exact) mass is 519 g/mol.